The van der Waals surface area contributed by atoms with Crippen LogP contribution >= 0.6 is 0 Å². The molecule has 0 atom stereocenters. The molecule has 0 aliphatic rings. The fourth-order valence-electron chi connectivity index (χ4n) is 2.39. The van der Waals surface area contributed by atoms with Gasteiger partial charge in [-0.3, -0.25) is 4.72 Å². The topological polar surface area (TPSA) is 86.3 Å². The number of nitrogens with zero attached hydrogens (tertiary/aromatic N) is 2. The number of benzene rings is 3. The van der Waals surface area contributed by atoms with Crippen molar-refractivity contribution in [1.29, 1.82) is 5.39 Å². The molecule has 0 heterocycles. The largest absolute Gasteiger partial charge is 0.387 e. The number of rotatable bonds is 5. The molecule has 3 rings (SSSR count). The molecule has 0 unspecified atom stereocenters. The fraction of sp³-hybridized carbons (Fsp3) is 0.0526. The molecule has 0 saturated heterocycles. The molecular weight excluding hydrogens is 348 g/mol. The number of aryl methyl sites for hydroxylation is 1. The normalized spacial score (nSPS) is 10.8. The van der Waals surface area contributed by atoms with Crippen LogP contribution in [0.2, 0.25) is 0 Å². The van der Waals surface area contributed by atoms with E-state index < -0.39 is 10.0 Å². The zero-order chi connectivity index (χ0) is 18.6. The first kappa shape index (κ1) is 17.5. The lowest BCUT2D eigenvalue weighted by Gasteiger charge is -2.13. The van der Waals surface area contributed by atoms with Gasteiger partial charge >= 0.3 is 5.69 Å². The van der Waals surface area contributed by atoms with Crippen LogP contribution in [0.25, 0.3) is 4.98 Å². The summed E-state index contributed by atoms with van der Waals surface area (Å²) in [6, 6.07) is 20.6. The van der Waals surface area contributed by atoms with Crippen LogP contribution in [0.4, 0.5) is 22.7 Å². The van der Waals surface area contributed by atoms with E-state index in [1.807, 2.05) is 37.3 Å². The van der Waals surface area contributed by atoms with Crippen molar-refractivity contribution in [1.82, 2.24) is 0 Å². The van der Waals surface area contributed by atoms with Gasteiger partial charge in [0.2, 0.25) is 5.39 Å². The summed E-state index contributed by atoms with van der Waals surface area (Å²) >= 11 is 0. The van der Waals surface area contributed by atoms with E-state index in [1.54, 1.807) is 36.4 Å². The molecule has 0 radical (unpaired) electrons. The van der Waals surface area contributed by atoms with E-state index in [9.17, 15) is 8.42 Å². The van der Waals surface area contributed by atoms with E-state index >= 15 is 0 Å². The molecule has 0 bridgehead atoms. The van der Waals surface area contributed by atoms with Crippen molar-refractivity contribution in [3.05, 3.63) is 83.3 Å². The Hall–Kier alpha value is -3.37. The van der Waals surface area contributed by atoms with Crippen LogP contribution in [0.5, 0.6) is 0 Å². The Labute approximate surface area is 152 Å². The smallest absolute Gasteiger partial charge is 0.354 e. The lowest BCUT2D eigenvalue weighted by molar-refractivity contribution is 0.601. The highest BCUT2D eigenvalue weighted by Crippen LogP contribution is 2.31. The van der Waals surface area contributed by atoms with Gasteiger partial charge in [-0.1, -0.05) is 35.9 Å². The number of hydrogen-bond donors (Lipinski definition) is 2. The van der Waals surface area contributed by atoms with E-state index in [0.717, 1.165) is 11.3 Å². The van der Waals surface area contributed by atoms with Gasteiger partial charge in [0.15, 0.2) is 4.98 Å². The maximum Gasteiger partial charge on any atom is 0.387 e. The lowest BCUT2D eigenvalue weighted by atomic mass is 10.2. The van der Waals surface area contributed by atoms with Gasteiger partial charge in [-0.25, -0.2) is 8.42 Å². The molecule has 26 heavy (non-hydrogen) atoms. The first-order valence-corrected chi connectivity index (χ1v) is 9.37. The summed E-state index contributed by atoms with van der Waals surface area (Å²) in [4.78, 5) is 3.28. The third-order valence-corrected chi connectivity index (χ3v) is 5.13. The number of diazo groups is 1. The molecule has 0 fully saturated rings. The first-order valence-electron chi connectivity index (χ1n) is 7.89. The van der Waals surface area contributed by atoms with Gasteiger partial charge in [-0.2, -0.15) is 0 Å². The first-order chi connectivity index (χ1) is 12.5. The van der Waals surface area contributed by atoms with Crippen molar-refractivity contribution in [3.63, 3.8) is 0 Å². The molecule has 0 spiro atoms. The van der Waals surface area contributed by atoms with E-state index in [-0.39, 0.29) is 16.3 Å². The second-order valence-electron chi connectivity index (χ2n) is 5.74. The third-order valence-electron chi connectivity index (χ3n) is 3.75. The van der Waals surface area contributed by atoms with Gasteiger partial charge in [0.1, 0.15) is 0 Å². The highest BCUT2D eigenvalue weighted by Gasteiger charge is 2.19. The molecule has 130 valence electrons. The molecule has 0 aromatic heterocycles. The predicted octanol–water partition coefficient (Wildman–Crippen LogP) is 5.02. The average Bonchev–Trinajstić information content (AvgIpc) is 2.64. The molecule has 3 aromatic rings. The summed E-state index contributed by atoms with van der Waals surface area (Å²) in [5, 5.41) is 12.2. The van der Waals surface area contributed by atoms with Crippen molar-refractivity contribution in [3.8, 4) is 0 Å². The Balaban J connectivity index is 1.97. The molecule has 3 aromatic carbocycles. The number of nitrogens with one attached hydrogen (secondary N) is 2. The Morgan fingerprint density at radius 2 is 1.58 bits per heavy atom. The number of sulfonamides is 1. The number of para-hydroxylation sites is 1. The molecule has 0 amide bonds. The minimum absolute atomic E-state index is 0.153. The summed E-state index contributed by atoms with van der Waals surface area (Å²) in [6.07, 6.45) is 0. The van der Waals surface area contributed by atoms with Crippen LogP contribution in [-0.2, 0) is 10.0 Å². The van der Waals surface area contributed by atoms with Crippen molar-refractivity contribution in [2.75, 3.05) is 10.0 Å². The standard InChI is InChI=1S/C19H16N4O2S/c1-14-7-10-17(11-8-14)26(24,25)23-19-13-16(22-20)9-12-18(19)21-15-5-3-2-4-6-15/h2-13,20H,1H3/p+1. The van der Waals surface area contributed by atoms with Gasteiger partial charge in [0, 0.05) is 11.8 Å². The molecule has 0 aliphatic heterocycles. The van der Waals surface area contributed by atoms with Crippen LogP contribution in [0.15, 0.2) is 77.7 Å². The van der Waals surface area contributed by atoms with Gasteiger partial charge in [-0.15, -0.1) is 0 Å². The maximum atomic E-state index is 12.7. The molecule has 2 N–H and O–H groups in total. The van der Waals surface area contributed by atoms with Crippen molar-refractivity contribution in [2.24, 2.45) is 0 Å². The maximum absolute atomic E-state index is 12.7. The summed E-state index contributed by atoms with van der Waals surface area (Å²) < 4.78 is 27.9. The quantitative estimate of drug-likeness (QED) is 0.621. The van der Waals surface area contributed by atoms with Crippen LogP contribution in [0, 0.1) is 12.3 Å². The van der Waals surface area contributed by atoms with Gasteiger partial charge in [0.25, 0.3) is 10.0 Å². The predicted molar refractivity (Wildman–Crippen MR) is 103 cm³/mol. The van der Waals surface area contributed by atoms with Crippen LogP contribution in [0.3, 0.4) is 0 Å². The minimum Gasteiger partial charge on any atom is -0.354 e. The zero-order valence-corrected chi connectivity index (χ0v) is 14.9. The molecular formula is C19H17N4O2S+. The number of anilines is 3. The van der Waals surface area contributed by atoms with E-state index in [1.165, 1.54) is 6.07 Å². The van der Waals surface area contributed by atoms with Gasteiger partial charge < -0.3 is 5.32 Å². The van der Waals surface area contributed by atoms with E-state index in [2.05, 4.69) is 15.0 Å². The Kier molecular flexibility index (Phi) is 4.87. The van der Waals surface area contributed by atoms with Crippen molar-refractivity contribution < 1.29 is 8.42 Å². The highest BCUT2D eigenvalue weighted by atomic mass is 32.2. The monoisotopic (exact) mass is 365 g/mol. The second kappa shape index (κ2) is 7.25. The highest BCUT2D eigenvalue weighted by molar-refractivity contribution is 7.92. The Bertz CT molecular complexity index is 1060. The Morgan fingerprint density at radius 1 is 0.885 bits per heavy atom. The summed E-state index contributed by atoms with van der Waals surface area (Å²) in [5.74, 6) is 0. The minimum atomic E-state index is -3.78. The van der Waals surface area contributed by atoms with Crippen molar-refractivity contribution in [2.45, 2.75) is 11.8 Å². The molecule has 0 saturated carbocycles. The van der Waals surface area contributed by atoms with E-state index in [4.69, 9.17) is 5.39 Å². The second-order valence-corrected chi connectivity index (χ2v) is 7.42. The van der Waals surface area contributed by atoms with Crippen molar-refractivity contribution >= 4 is 32.8 Å². The van der Waals surface area contributed by atoms with E-state index in [0.29, 0.717) is 5.69 Å². The SMILES string of the molecule is Cc1ccc(S(=O)(=O)Nc2cc([N+]#N)ccc2Nc2ccccc2)cc1. The zero-order valence-electron chi connectivity index (χ0n) is 14.0. The average molecular weight is 365 g/mol. The third kappa shape index (κ3) is 3.99. The van der Waals surface area contributed by atoms with Gasteiger partial charge in [0.05, 0.1) is 22.3 Å². The van der Waals surface area contributed by atoms with Crippen LogP contribution in [0.1, 0.15) is 5.56 Å². The number of hydrogen-bond acceptors (Lipinski definition) is 4. The summed E-state index contributed by atoms with van der Waals surface area (Å²) in [5.41, 5.74) is 2.84. The lowest BCUT2D eigenvalue weighted by Crippen LogP contribution is -2.14. The summed E-state index contributed by atoms with van der Waals surface area (Å²) in [6.45, 7) is 1.89. The molecule has 6 nitrogen and oxygen atoms in total. The summed E-state index contributed by atoms with van der Waals surface area (Å²) in [7, 11) is -3.78. The molecule has 0 aliphatic carbocycles. The Morgan fingerprint density at radius 3 is 2.23 bits per heavy atom. The van der Waals surface area contributed by atoms with Crippen LogP contribution < -0.4 is 10.0 Å². The molecule has 7 heteroatoms. The fourth-order valence-corrected chi connectivity index (χ4v) is 3.46. The van der Waals surface area contributed by atoms with Crippen LogP contribution in [-0.4, -0.2) is 8.42 Å². The van der Waals surface area contributed by atoms with Gasteiger partial charge in [-0.05, 0) is 37.3 Å².